The standard InChI is InChI=1S/C11H12F3NO/c1-7(2)8-3-5-9(6-4-8)10(15-16)11(12,13)14/h3-7,16H,1-2H3/b15-10+. The van der Waals surface area contributed by atoms with Gasteiger partial charge < -0.3 is 5.21 Å². The Kier molecular flexibility index (Phi) is 3.57. The third-order valence-corrected chi connectivity index (χ3v) is 2.22. The zero-order valence-electron chi connectivity index (χ0n) is 8.92. The first-order valence-corrected chi connectivity index (χ1v) is 4.76. The number of halogens is 3. The molecule has 16 heavy (non-hydrogen) atoms. The maximum atomic E-state index is 12.4. The molecule has 0 saturated heterocycles. The predicted octanol–water partition coefficient (Wildman–Crippen LogP) is 3.55. The Bertz CT molecular complexity index is 379. The van der Waals surface area contributed by atoms with E-state index in [0.717, 1.165) is 5.56 Å². The summed E-state index contributed by atoms with van der Waals surface area (Å²) in [6.07, 6.45) is -4.64. The van der Waals surface area contributed by atoms with Crippen molar-refractivity contribution in [3.63, 3.8) is 0 Å². The van der Waals surface area contributed by atoms with Crippen LogP contribution in [0.2, 0.25) is 0 Å². The lowest BCUT2D eigenvalue weighted by Gasteiger charge is -2.10. The largest absolute Gasteiger partial charge is 0.437 e. The Morgan fingerprint density at radius 1 is 1.19 bits per heavy atom. The number of alkyl halides is 3. The fraction of sp³-hybridized carbons (Fsp3) is 0.364. The van der Waals surface area contributed by atoms with E-state index >= 15 is 0 Å². The lowest BCUT2D eigenvalue weighted by molar-refractivity contribution is -0.0601. The van der Waals surface area contributed by atoms with Gasteiger partial charge in [0.05, 0.1) is 0 Å². The zero-order valence-corrected chi connectivity index (χ0v) is 8.92. The van der Waals surface area contributed by atoms with Crippen molar-refractivity contribution in [2.24, 2.45) is 5.16 Å². The summed E-state index contributed by atoms with van der Waals surface area (Å²) < 4.78 is 37.1. The fourth-order valence-corrected chi connectivity index (χ4v) is 1.30. The Morgan fingerprint density at radius 3 is 2.00 bits per heavy atom. The maximum absolute atomic E-state index is 12.4. The quantitative estimate of drug-likeness (QED) is 0.471. The molecule has 0 amide bonds. The normalized spacial score (nSPS) is 13.2. The molecule has 0 saturated carbocycles. The van der Waals surface area contributed by atoms with Crippen LogP contribution in [-0.2, 0) is 0 Å². The summed E-state index contributed by atoms with van der Waals surface area (Å²) in [6, 6.07) is 5.80. The van der Waals surface area contributed by atoms with Gasteiger partial charge in [0.25, 0.3) is 0 Å². The molecule has 1 aromatic carbocycles. The Morgan fingerprint density at radius 2 is 1.69 bits per heavy atom. The average Bonchev–Trinajstić information content (AvgIpc) is 2.17. The van der Waals surface area contributed by atoms with E-state index in [1.165, 1.54) is 12.1 Å². The van der Waals surface area contributed by atoms with Crippen LogP contribution in [-0.4, -0.2) is 17.1 Å². The van der Waals surface area contributed by atoms with Gasteiger partial charge in [-0.1, -0.05) is 43.3 Å². The summed E-state index contributed by atoms with van der Waals surface area (Å²) in [6.45, 7) is 3.89. The molecule has 0 radical (unpaired) electrons. The number of nitrogens with zero attached hydrogens (tertiary/aromatic N) is 1. The molecule has 0 heterocycles. The summed E-state index contributed by atoms with van der Waals surface area (Å²) >= 11 is 0. The minimum Gasteiger partial charge on any atom is -0.410 e. The zero-order chi connectivity index (χ0) is 12.3. The second kappa shape index (κ2) is 4.55. The van der Waals surface area contributed by atoms with Crippen LogP contribution >= 0.6 is 0 Å². The lowest BCUT2D eigenvalue weighted by atomic mass is 10.0. The highest BCUT2D eigenvalue weighted by Crippen LogP contribution is 2.23. The van der Waals surface area contributed by atoms with Gasteiger partial charge in [-0.15, -0.1) is 0 Å². The van der Waals surface area contributed by atoms with Crippen LogP contribution in [0.3, 0.4) is 0 Å². The first kappa shape index (κ1) is 12.5. The molecule has 1 aromatic rings. The number of hydrogen-bond donors (Lipinski definition) is 1. The molecule has 2 nitrogen and oxygen atoms in total. The highest BCUT2D eigenvalue weighted by atomic mass is 19.4. The molecule has 0 aliphatic carbocycles. The van der Waals surface area contributed by atoms with Crippen LogP contribution in [0, 0.1) is 0 Å². The van der Waals surface area contributed by atoms with E-state index in [2.05, 4.69) is 5.16 Å². The van der Waals surface area contributed by atoms with E-state index in [1.54, 1.807) is 12.1 Å². The molecule has 0 bridgehead atoms. The number of benzene rings is 1. The third kappa shape index (κ3) is 2.74. The van der Waals surface area contributed by atoms with E-state index in [9.17, 15) is 13.2 Å². The summed E-state index contributed by atoms with van der Waals surface area (Å²) in [5.74, 6) is 0.245. The molecular formula is C11H12F3NO. The molecule has 0 aromatic heterocycles. The Labute approximate surface area is 91.4 Å². The van der Waals surface area contributed by atoms with Crippen molar-refractivity contribution < 1.29 is 18.4 Å². The van der Waals surface area contributed by atoms with Crippen molar-refractivity contribution in [3.05, 3.63) is 35.4 Å². The van der Waals surface area contributed by atoms with Gasteiger partial charge in [-0.2, -0.15) is 13.2 Å². The Balaban J connectivity index is 3.06. The SMILES string of the molecule is CC(C)c1ccc(/C(=N\O)C(F)(F)F)cc1. The van der Waals surface area contributed by atoms with E-state index in [0.29, 0.717) is 0 Å². The predicted molar refractivity (Wildman–Crippen MR) is 54.9 cm³/mol. The van der Waals surface area contributed by atoms with Crippen LogP contribution in [0.1, 0.15) is 30.9 Å². The van der Waals surface area contributed by atoms with Crippen molar-refractivity contribution >= 4 is 5.71 Å². The van der Waals surface area contributed by atoms with Crippen LogP contribution in [0.25, 0.3) is 0 Å². The van der Waals surface area contributed by atoms with E-state index in [4.69, 9.17) is 5.21 Å². The van der Waals surface area contributed by atoms with Gasteiger partial charge in [0.1, 0.15) is 0 Å². The molecule has 0 spiro atoms. The van der Waals surface area contributed by atoms with Crippen molar-refractivity contribution in [2.45, 2.75) is 25.9 Å². The first-order valence-electron chi connectivity index (χ1n) is 4.76. The second-order valence-corrected chi connectivity index (χ2v) is 3.72. The van der Waals surface area contributed by atoms with Gasteiger partial charge >= 0.3 is 6.18 Å². The molecule has 88 valence electrons. The second-order valence-electron chi connectivity index (χ2n) is 3.72. The van der Waals surface area contributed by atoms with Crippen LogP contribution < -0.4 is 0 Å². The lowest BCUT2D eigenvalue weighted by Crippen LogP contribution is -2.24. The molecule has 0 atom stereocenters. The summed E-state index contributed by atoms with van der Waals surface area (Å²) in [5.41, 5.74) is -0.481. The molecule has 1 N–H and O–H groups in total. The first-order chi connectivity index (χ1) is 7.36. The smallest absolute Gasteiger partial charge is 0.410 e. The minimum absolute atomic E-state index is 0.139. The average molecular weight is 231 g/mol. The summed E-state index contributed by atoms with van der Waals surface area (Å²) in [4.78, 5) is 0. The molecular weight excluding hydrogens is 219 g/mol. The van der Waals surface area contributed by atoms with E-state index in [1.807, 2.05) is 13.8 Å². The van der Waals surface area contributed by atoms with Gasteiger partial charge in [0.15, 0.2) is 5.71 Å². The van der Waals surface area contributed by atoms with Crippen molar-refractivity contribution in [2.75, 3.05) is 0 Å². The van der Waals surface area contributed by atoms with Gasteiger partial charge in [-0.3, -0.25) is 0 Å². The van der Waals surface area contributed by atoms with Crippen LogP contribution in [0.15, 0.2) is 29.4 Å². The molecule has 5 heteroatoms. The molecule has 0 aliphatic rings. The monoisotopic (exact) mass is 231 g/mol. The number of rotatable bonds is 2. The topological polar surface area (TPSA) is 32.6 Å². The van der Waals surface area contributed by atoms with Gasteiger partial charge in [-0.25, -0.2) is 0 Å². The Hall–Kier alpha value is -1.52. The van der Waals surface area contributed by atoms with E-state index < -0.39 is 11.9 Å². The number of oxime groups is 1. The van der Waals surface area contributed by atoms with Gasteiger partial charge in [0, 0.05) is 5.56 Å². The van der Waals surface area contributed by atoms with Crippen molar-refractivity contribution in [3.8, 4) is 0 Å². The summed E-state index contributed by atoms with van der Waals surface area (Å²) in [7, 11) is 0. The van der Waals surface area contributed by atoms with Crippen molar-refractivity contribution in [1.82, 2.24) is 0 Å². The number of hydrogen-bond acceptors (Lipinski definition) is 2. The van der Waals surface area contributed by atoms with E-state index in [-0.39, 0.29) is 11.5 Å². The molecule has 0 fully saturated rings. The fourth-order valence-electron chi connectivity index (χ4n) is 1.30. The third-order valence-electron chi connectivity index (χ3n) is 2.22. The molecule has 1 rings (SSSR count). The van der Waals surface area contributed by atoms with Gasteiger partial charge in [0.2, 0.25) is 0 Å². The minimum atomic E-state index is -4.64. The summed E-state index contributed by atoms with van der Waals surface area (Å²) in [5, 5.41) is 10.7. The molecule has 0 unspecified atom stereocenters. The highest BCUT2D eigenvalue weighted by molar-refractivity contribution is 6.04. The van der Waals surface area contributed by atoms with Crippen LogP contribution in [0.4, 0.5) is 13.2 Å². The van der Waals surface area contributed by atoms with Gasteiger partial charge in [-0.05, 0) is 11.5 Å². The molecule has 0 aliphatic heterocycles. The van der Waals surface area contributed by atoms with Crippen molar-refractivity contribution in [1.29, 1.82) is 0 Å². The highest BCUT2D eigenvalue weighted by Gasteiger charge is 2.37. The van der Waals surface area contributed by atoms with Crippen LogP contribution in [0.5, 0.6) is 0 Å². The maximum Gasteiger partial charge on any atom is 0.437 e.